The van der Waals surface area contributed by atoms with Gasteiger partial charge in [0.2, 0.25) is 0 Å². The molecule has 0 aromatic heterocycles. The first kappa shape index (κ1) is 27.5. The molecule has 0 fully saturated rings. The number of esters is 2. The Hall–Kier alpha value is -4.10. The van der Waals surface area contributed by atoms with Gasteiger partial charge in [-0.05, 0) is 64.4 Å². The fraction of sp³-hybridized carbons (Fsp3) is 0.188. The molecule has 0 unspecified atom stereocenters. The number of hydrogen-bond donors (Lipinski definition) is 0. The second-order valence-corrected chi connectivity index (χ2v) is 10.2. The Balaban J connectivity index is 1.51. The molecule has 4 nitrogen and oxygen atoms in total. The summed E-state index contributed by atoms with van der Waals surface area (Å²) in [6.07, 6.45) is -5.09. The molecule has 204 valence electrons. The SMILES string of the molecule is O=C(OCc1ccccc1)C1(C(=O)OCc2ccccc2)Cc2cc(-c3ccc(Cl)cc3)c(C(F)(F)F)cc2C1. The fourth-order valence-corrected chi connectivity index (χ4v) is 5.05. The second kappa shape index (κ2) is 11.2. The molecule has 0 saturated heterocycles. The molecule has 0 saturated carbocycles. The molecule has 1 aliphatic rings. The van der Waals surface area contributed by atoms with E-state index in [0.29, 0.717) is 27.3 Å². The summed E-state index contributed by atoms with van der Waals surface area (Å²) < 4.78 is 53.7. The third kappa shape index (κ3) is 5.75. The highest BCUT2D eigenvalue weighted by atomic mass is 35.5. The topological polar surface area (TPSA) is 52.6 Å². The van der Waals surface area contributed by atoms with Crippen LogP contribution >= 0.6 is 11.6 Å². The average molecular weight is 565 g/mol. The van der Waals surface area contributed by atoms with E-state index in [1.807, 2.05) is 12.1 Å². The number of hydrogen-bond acceptors (Lipinski definition) is 4. The zero-order valence-electron chi connectivity index (χ0n) is 21.2. The first-order valence-electron chi connectivity index (χ1n) is 12.6. The Kier molecular flexibility index (Phi) is 7.68. The van der Waals surface area contributed by atoms with E-state index in [2.05, 4.69) is 0 Å². The third-order valence-electron chi connectivity index (χ3n) is 6.99. The quantitative estimate of drug-likeness (QED) is 0.171. The number of carbonyl (C=O) groups excluding carboxylic acids is 2. The molecule has 0 atom stereocenters. The van der Waals surface area contributed by atoms with Gasteiger partial charge >= 0.3 is 18.1 Å². The molecule has 0 bridgehead atoms. The van der Waals surface area contributed by atoms with Crippen LogP contribution in [0.2, 0.25) is 5.02 Å². The predicted molar refractivity (Wildman–Crippen MR) is 144 cm³/mol. The summed E-state index contributed by atoms with van der Waals surface area (Å²) in [5.41, 5.74) is -0.311. The maximum absolute atomic E-state index is 14.2. The van der Waals surface area contributed by atoms with Crippen molar-refractivity contribution in [3.8, 4) is 11.1 Å². The van der Waals surface area contributed by atoms with Gasteiger partial charge < -0.3 is 9.47 Å². The zero-order valence-corrected chi connectivity index (χ0v) is 22.0. The lowest BCUT2D eigenvalue weighted by molar-refractivity contribution is -0.173. The van der Waals surface area contributed by atoms with Gasteiger partial charge in [-0.1, -0.05) is 90.5 Å². The molecular weight excluding hydrogens is 541 g/mol. The van der Waals surface area contributed by atoms with Crippen molar-refractivity contribution in [3.63, 3.8) is 0 Å². The third-order valence-corrected chi connectivity index (χ3v) is 7.24. The predicted octanol–water partition coefficient (Wildman–Crippen LogP) is 7.60. The number of carbonyl (C=O) groups is 2. The van der Waals surface area contributed by atoms with Crippen molar-refractivity contribution in [3.05, 3.63) is 130 Å². The van der Waals surface area contributed by atoms with Crippen molar-refractivity contribution in [2.45, 2.75) is 32.2 Å². The minimum Gasteiger partial charge on any atom is -0.460 e. The van der Waals surface area contributed by atoms with Crippen LogP contribution < -0.4 is 0 Å². The van der Waals surface area contributed by atoms with Crippen LogP contribution in [0.3, 0.4) is 0 Å². The van der Waals surface area contributed by atoms with E-state index in [1.54, 1.807) is 48.5 Å². The minimum absolute atomic E-state index is 0.0611. The lowest BCUT2D eigenvalue weighted by Crippen LogP contribution is -2.42. The normalized spacial score (nSPS) is 13.9. The number of halogens is 4. The number of fused-ring (bicyclic) bond motifs is 1. The highest BCUT2D eigenvalue weighted by Crippen LogP contribution is 2.46. The van der Waals surface area contributed by atoms with Crippen LogP contribution in [0.25, 0.3) is 11.1 Å². The van der Waals surface area contributed by atoms with Crippen LogP contribution in [0.5, 0.6) is 0 Å². The van der Waals surface area contributed by atoms with Gasteiger partial charge in [0.1, 0.15) is 13.2 Å². The van der Waals surface area contributed by atoms with E-state index < -0.39 is 29.1 Å². The highest BCUT2D eigenvalue weighted by Gasteiger charge is 2.54. The number of rotatable bonds is 7. The maximum Gasteiger partial charge on any atom is 0.417 e. The molecule has 4 aromatic carbocycles. The molecule has 0 heterocycles. The van der Waals surface area contributed by atoms with E-state index in [4.69, 9.17) is 21.1 Å². The van der Waals surface area contributed by atoms with E-state index in [1.165, 1.54) is 30.3 Å². The molecule has 0 aliphatic heterocycles. The van der Waals surface area contributed by atoms with Crippen molar-refractivity contribution < 1.29 is 32.2 Å². The standard InChI is InChI=1S/C32H24ClF3O4/c33-26-13-11-23(12-14-26)27-15-24-17-31(18-25(24)16-28(27)32(34,35)36,29(37)39-19-21-7-3-1-4-8-21)30(38)40-20-22-9-5-2-6-10-22/h1-16H,17-20H2. The van der Waals surface area contributed by atoms with Crippen LogP contribution in [0, 0.1) is 5.41 Å². The van der Waals surface area contributed by atoms with E-state index >= 15 is 0 Å². The summed E-state index contributed by atoms with van der Waals surface area (Å²) in [4.78, 5) is 27.2. The van der Waals surface area contributed by atoms with Crippen LogP contribution in [-0.4, -0.2) is 11.9 Å². The molecule has 1 aliphatic carbocycles. The maximum atomic E-state index is 14.2. The molecule has 5 rings (SSSR count). The van der Waals surface area contributed by atoms with Crippen molar-refractivity contribution in [1.29, 1.82) is 0 Å². The molecule has 0 spiro atoms. The largest absolute Gasteiger partial charge is 0.460 e. The molecule has 0 amide bonds. The van der Waals surface area contributed by atoms with Crippen LogP contribution in [0.4, 0.5) is 13.2 Å². The van der Waals surface area contributed by atoms with E-state index in [-0.39, 0.29) is 37.2 Å². The van der Waals surface area contributed by atoms with Gasteiger partial charge in [0.15, 0.2) is 5.41 Å². The number of alkyl halides is 3. The summed E-state index contributed by atoms with van der Waals surface area (Å²) >= 11 is 5.95. The van der Waals surface area contributed by atoms with Gasteiger partial charge in [-0.15, -0.1) is 0 Å². The molecule has 8 heteroatoms. The Morgan fingerprint density at radius 1 is 0.725 bits per heavy atom. The average Bonchev–Trinajstić information content (AvgIpc) is 3.35. The first-order valence-corrected chi connectivity index (χ1v) is 12.9. The van der Waals surface area contributed by atoms with Gasteiger partial charge in [0.05, 0.1) is 5.56 Å². The molecular formula is C32H24ClF3O4. The summed E-state index contributed by atoms with van der Waals surface area (Å²) in [5.74, 6) is -1.68. The second-order valence-electron chi connectivity index (χ2n) is 9.73. The smallest absolute Gasteiger partial charge is 0.417 e. The summed E-state index contributed by atoms with van der Waals surface area (Å²) in [6.45, 7) is -0.179. The van der Waals surface area contributed by atoms with Crippen molar-refractivity contribution >= 4 is 23.5 Å². The Morgan fingerprint density at radius 3 is 1.68 bits per heavy atom. The molecule has 4 aromatic rings. The Labute approximate surface area is 234 Å². The van der Waals surface area contributed by atoms with Gasteiger partial charge in [-0.2, -0.15) is 13.2 Å². The van der Waals surface area contributed by atoms with Gasteiger partial charge in [0.25, 0.3) is 0 Å². The van der Waals surface area contributed by atoms with Crippen LogP contribution in [-0.2, 0) is 51.3 Å². The summed E-state index contributed by atoms with van der Waals surface area (Å²) in [5, 5.41) is 0.389. The van der Waals surface area contributed by atoms with Crippen molar-refractivity contribution in [2.75, 3.05) is 0 Å². The summed E-state index contributed by atoms with van der Waals surface area (Å²) in [7, 11) is 0. The van der Waals surface area contributed by atoms with Crippen LogP contribution in [0.15, 0.2) is 97.1 Å². The molecule has 0 radical (unpaired) electrons. The van der Waals surface area contributed by atoms with Crippen LogP contribution in [0.1, 0.15) is 27.8 Å². The minimum atomic E-state index is -4.67. The monoisotopic (exact) mass is 564 g/mol. The van der Waals surface area contributed by atoms with Crippen molar-refractivity contribution in [1.82, 2.24) is 0 Å². The van der Waals surface area contributed by atoms with E-state index in [9.17, 15) is 22.8 Å². The lowest BCUT2D eigenvalue weighted by Gasteiger charge is -2.24. The van der Waals surface area contributed by atoms with Gasteiger partial charge in [-0.25, -0.2) is 0 Å². The highest BCUT2D eigenvalue weighted by molar-refractivity contribution is 6.30. The molecule has 0 N–H and O–H groups in total. The number of ether oxygens (including phenoxy) is 2. The Morgan fingerprint density at radius 2 is 1.20 bits per heavy atom. The number of benzene rings is 4. The van der Waals surface area contributed by atoms with Gasteiger partial charge in [0, 0.05) is 5.02 Å². The summed E-state index contributed by atoms with van der Waals surface area (Å²) in [6, 6.07) is 26.3. The van der Waals surface area contributed by atoms with E-state index in [0.717, 1.165) is 6.07 Å². The molecule has 40 heavy (non-hydrogen) atoms. The Bertz CT molecular complexity index is 1460. The van der Waals surface area contributed by atoms with Gasteiger partial charge in [-0.3, -0.25) is 9.59 Å². The van der Waals surface area contributed by atoms with Crippen molar-refractivity contribution in [2.24, 2.45) is 5.41 Å². The first-order chi connectivity index (χ1) is 19.2. The zero-order chi connectivity index (χ0) is 28.3. The lowest BCUT2D eigenvalue weighted by atomic mass is 9.84. The fourth-order valence-electron chi connectivity index (χ4n) is 4.93.